The summed E-state index contributed by atoms with van der Waals surface area (Å²) in [4.78, 5) is 15.8. The van der Waals surface area contributed by atoms with E-state index >= 15 is 0 Å². The first-order valence-electron chi connectivity index (χ1n) is 15.5. The molecule has 224 valence electrons. The van der Waals surface area contributed by atoms with Crippen LogP contribution in [0.5, 0.6) is 11.5 Å². The summed E-state index contributed by atoms with van der Waals surface area (Å²) in [5.74, 6) is 1.13. The van der Waals surface area contributed by atoms with Crippen molar-refractivity contribution in [1.82, 2.24) is 4.90 Å². The number of hydrogen-bond acceptors (Lipinski definition) is 5. The van der Waals surface area contributed by atoms with Crippen LogP contribution in [0.15, 0.2) is 42.5 Å². The lowest BCUT2D eigenvalue weighted by molar-refractivity contribution is 0.0606. The zero-order valence-corrected chi connectivity index (χ0v) is 25.6. The Morgan fingerprint density at radius 1 is 1.00 bits per heavy atom. The maximum Gasteiger partial charge on any atom is 0.166 e. The fourth-order valence-corrected chi connectivity index (χ4v) is 6.53. The van der Waals surface area contributed by atoms with Gasteiger partial charge in [-0.3, -0.25) is 9.69 Å². The van der Waals surface area contributed by atoms with Crippen molar-refractivity contribution in [2.24, 2.45) is 5.92 Å². The number of carbonyl (C=O) groups is 1. The van der Waals surface area contributed by atoms with E-state index in [1.165, 1.54) is 50.7 Å². The third-order valence-electron chi connectivity index (χ3n) is 9.09. The van der Waals surface area contributed by atoms with Gasteiger partial charge in [0.15, 0.2) is 17.3 Å². The fourth-order valence-electron chi connectivity index (χ4n) is 6.53. The predicted molar refractivity (Wildman–Crippen MR) is 163 cm³/mol. The Kier molecular flexibility index (Phi) is 13.1. The molecule has 0 aromatic heterocycles. The molecule has 41 heavy (non-hydrogen) atoms. The molecule has 1 heterocycles. The molecule has 1 aliphatic rings. The zero-order valence-electron chi connectivity index (χ0n) is 25.6. The molecule has 1 fully saturated rings. The van der Waals surface area contributed by atoms with Gasteiger partial charge in [-0.15, -0.1) is 0 Å². The van der Waals surface area contributed by atoms with Crippen molar-refractivity contribution >= 4 is 5.78 Å². The number of ether oxygens (including phenoxy) is 2. The van der Waals surface area contributed by atoms with Crippen LogP contribution in [0.2, 0.25) is 0 Å². The maximum absolute atomic E-state index is 13.4. The number of Topliss-reactive ketones (excluding diaryl/α,β-unsaturated/α-hetero) is 1. The first-order valence-corrected chi connectivity index (χ1v) is 15.5. The summed E-state index contributed by atoms with van der Waals surface area (Å²) in [6, 6.07) is 14.7. The van der Waals surface area contributed by atoms with E-state index in [9.17, 15) is 14.4 Å². The molecule has 0 aliphatic carbocycles. The molecular formula is C35H49FN2O3. The largest absolute Gasteiger partial charge is 0.493 e. The summed E-state index contributed by atoms with van der Waals surface area (Å²) in [6.07, 6.45) is 12.6. The number of nitrogens with zero attached hydrogens (tertiary/aromatic N) is 2. The Balaban J connectivity index is 1.83. The second kappa shape index (κ2) is 16.5. The van der Waals surface area contributed by atoms with Crippen LogP contribution in [-0.2, 0) is 5.41 Å². The summed E-state index contributed by atoms with van der Waals surface area (Å²) in [5, 5.41) is 9.62. The van der Waals surface area contributed by atoms with Crippen molar-refractivity contribution in [1.29, 1.82) is 5.26 Å². The number of likely N-dealkylation sites (tertiary alicyclic amines) is 1. The molecule has 2 unspecified atom stereocenters. The van der Waals surface area contributed by atoms with Gasteiger partial charge in [0.1, 0.15) is 5.82 Å². The molecule has 1 aliphatic heterocycles. The van der Waals surface area contributed by atoms with E-state index in [1.54, 1.807) is 26.4 Å². The van der Waals surface area contributed by atoms with Gasteiger partial charge in [-0.25, -0.2) is 4.39 Å². The molecular weight excluding hydrogens is 515 g/mol. The summed E-state index contributed by atoms with van der Waals surface area (Å²) >= 11 is 0. The summed E-state index contributed by atoms with van der Waals surface area (Å²) in [7, 11) is 3.31. The van der Waals surface area contributed by atoms with E-state index in [0.717, 1.165) is 50.8 Å². The number of carbonyl (C=O) groups excluding carboxylic acids is 1. The third-order valence-corrected chi connectivity index (χ3v) is 9.09. The monoisotopic (exact) mass is 564 g/mol. The average molecular weight is 565 g/mol. The van der Waals surface area contributed by atoms with E-state index < -0.39 is 0 Å². The maximum atomic E-state index is 13.4. The fraction of sp³-hybridized carbons (Fsp3) is 0.600. The number of nitriles is 1. The normalized spacial score (nSPS) is 16.5. The highest BCUT2D eigenvalue weighted by Crippen LogP contribution is 2.42. The van der Waals surface area contributed by atoms with Gasteiger partial charge < -0.3 is 9.47 Å². The Morgan fingerprint density at radius 2 is 1.63 bits per heavy atom. The molecule has 0 N–H and O–H groups in total. The van der Waals surface area contributed by atoms with Gasteiger partial charge in [0.05, 0.1) is 20.3 Å². The van der Waals surface area contributed by atoms with E-state index in [0.29, 0.717) is 23.5 Å². The molecule has 0 spiro atoms. The Labute approximate surface area is 247 Å². The van der Waals surface area contributed by atoms with Crippen molar-refractivity contribution in [3.8, 4) is 17.6 Å². The lowest BCUT2D eigenvalue weighted by Crippen LogP contribution is -2.52. The van der Waals surface area contributed by atoms with Gasteiger partial charge in [0.25, 0.3) is 0 Å². The average Bonchev–Trinajstić information content (AvgIpc) is 3.01. The van der Waals surface area contributed by atoms with Gasteiger partial charge in [-0.1, -0.05) is 64.9 Å². The lowest BCUT2D eigenvalue weighted by Gasteiger charge is -2.47. The van der Waals surface area contributed by atoms with E-state index in [4.69, 9.17) is 9.47 Å². The number of hydrogen-bond donors (Lipinski definition) is 0. The molecule has 5 nitrogen and oxygen atoms in total. The van der Waals surface area contributed by atoms with Crippen LogP contribution in [0.1, 0.15) is 107 Å². The molecule has 3 rings (SSSR count). The number of halogens is 1. The van der Waals surface area contributed by atoms with Crippen molar-refractivity contribution in [3.05, 3.63) is 59.4 Å². The van der Waals surface area contributed by atoms with Crippen molar-refractivity contribution < 1.29 is 18.7 Å². The van der Waals surface area contributed by atoms with E-state index in [1.807, 2.05) is 6.07 Å². The van der Waals surface area contributed by atoms with Crippen LogP contribution in [0, 0.1) is 23.1 Å². The lowest BCUT2D eigenvalue weighted by atomic mass is 9.69. The molecule has 2 aromatic carbocycles. The molecule has 6 heteroatoms. The van der Waals surface area contributed by atoms with Gasteiger partial charge in [-0.2, -0.15) is 5.26 Å². The minimum Gasteiger partial charge on any atom is -0.493 e. The first-order chi connectivity index (χ1) is 19.9. The minimum atomic E-state index is -0.323. The van der Waals surface area contributed by atoms with Crippen LogP contribution in [0.25, 0.3) is 0 Å². The van der Waals surface area contributed by atoms with Gasteiger partial charge >= 0.3 is 0 Å². The predicted octanol–water partition coefficient (Wildman–Crippen LogP) is 8.51. The second-order valence-electron chi connectivity index (χ2n) is 11.8. The van der Waals surface area contributed by atoms with Crippen LogP contribution < -0.4 is 9.47 Å². The van der Waals surface area contributed by atoms with E-state index in [2.05, 4.69) is 36.9 Å². The third kappa shape index (κ3) is 8.79. The van der Waals surface area contributed by atoms with Crippen molar-refractivity contribution in [2.45, 2.75) is 102 Å². The molecule has 1 saturated heterocycles. The standard InChI is InChI=1S/C35H49FN2O3/c1-5-6-7-8-9-10-11-13-33(35(2,22-12-23-37)29-16-19-31(40-3)32(26-29)41-4)38-24-20-28(21-25-38)34(39)27-14-17-30(36)18-15-27/h14-19,26,28,33H,5-13,20-22,24-25H2,1-4H3. The topological polar surface area (TPSA) is 62.6 Å². The van der Waals surface area contributed by atoms with Crippen molar-refractivity contribution in [3.63, 3.8) is 0 Å². The zero-order chi connectivity index (χ0) is 29.7. The Morgan fingerprint density at radius 3 is 2.24 bits per heavy atom. The Bertz CT molecular complexity index is 1120. The van der Waals surface area contributed by atoms with Crippen LogP contribution >= 0.6 is 0 Å². The number of piperidine rings is 1. The first kappa shape index (κ1) is 32.6. The van der Waals surface area contributed by atoms with Crippen LogP contribution in [0.3, 0.4) is 0 Å². The van der Waals surface area contributed by atoms with Crippen molar-refractivity contribution in [2.75, 3.05) is 27.3 Å². The minimum absolute atomic E-state index is 0.0534. The molecule has 0 bridgehead atoms. The van der Waals surface area contributed by atoms with Crippen LogP contribution in [-0.4, -0.2) is 44.0 Å². The van der Waals surface area contributed by atoms with Gasteiger partial charge in [0.2, 0.25) is 0 Å². The number of methoxy groups -OCH3 is 2. The van der Waals surface area contributed by atoms with Gasteiger partial charge in [0, 0.05) is 29.4 Å². The highest BCUT2D eigenvalue weighted by molar-refractivity contribution is 5.97. The number of benzene rings is 2. The van der Waals surface area contributed by atoms with Crippen LogP contribution in [0.4, 0.5) is 4.39 Å². The van der Waals surface area contributed by atoms with Gasteiger partial charge in [-0.05, 0) is 80.7 Å². The molecule has 0 saturated carbocycles. The van der Waals surface area contributed by atoms with E-state index in [-0.39, 0.29) is 29.0 Å². The Hall–Kier alpha value is -2.91. The number of unbranched alkanes of at least 4 members (excludes halogenated alkanes) is 6. The smallest absolute Gasteiger partial charge is 0.166 e. The summed E-state index contributed by atoms with van der Waals surface area (Å²) in [6.45, 7) is 6.20. The molecule has 0 radical (unpaired) electrons. The highest BCUT2D eigenvalue weighted by atomic mass is 19.1. The number of rotatable bonds is 17. The highest BCUT2D eigenvalue weighted by Gasteiger charge is 2.41. The summed E-state index contributed by atoms with van der Waals surface area (Å²) in [5.41, 5.74) is 1.47. The second-order valence-corrected chi connectivity index (χ2v) is 11.8. The SMILES string of the molecule is CCCCCCCCCC(N1CCC(C(=O)c2ccc(F)cc2)CC1)C(C)(CCC#N)c1ccc(OC)c(OC)c1. The molecule has 0 amide bonds. The number of ketones is 1. The summed E-state index contributed by atoms with van der Waals surface area (Å²) < 4.78 is 24.6. The molecule has 2 aromatic rings. The quantitative estimate of drug-likeness (QED) is 0.142. The molecule has 2 atom stereocenters.